The van der Waals surface area contributed by atoms with Gasteiger partial charge in [0.15, 0.2) is 0 Å². The normalized spacial score (nSPS) is 15.3. The summed E-state index contributed by atoms with van der Waals surface area (Å²) in [7, 11) is 0. The molecule has 1 aliphatic rings. The first-order valence-electron chi connectivity index (χ1n) is 7.70. The molecule has 0 atom stereocenters. The van der Waals surface area contributed by atoms with E-state index in [2.05, 4.69) is 5.32 Å². The zero-order valence-electron chi connectivity index (χ0n) is 14.2. The number of nitro benzene ring substituents is 1. The summed E-state index contributed by atoms with van der Waals surface area (Å²) in [6.45, 7) is 3.81. The molecule has 0 aliphatic carbocycles. The highest BCUT2D eigenvalue weighted by molar-refractivity contribution is 8.18. The van der Waals surface area contributed by atoms with Crippen molar-refractivity contribution < 1.29 is 19.3 Å². The average Bonchev–Trinajstić information content (AvgIpc) is 2.82. The highest BCUT2D eigenvalue weighted by Crippen LogP contribution is 2.32. The maximum absolute atomic E-state index is 12.3. The number of nitrogens with one attached hydrogen (secondary N) is 1. The van der Waals surface area contributed by atoms with Gasteiger partial charge in [-0.2, -0.15) is 0 Å². The Morgan fingerprint density at radius 2 is 1.92 bits per heavy atom. The number of thioether (sulfide) groups is 1. The molecule has 1 saturated heterocycles. The van der Waals surface area contributed by atoms with Gasteiger partial charge in [0, 0.05) is 31.3 Å². The van der Waals surface area contributed by atoms with E-state index in [4.69, 9.17) is 0 Å². The van der Waals surface area contributed by atoms with Crippen molar-refractivity contribution in [3.63, 3.8) is 0 Å². The number of hydrogen-bond acceptors (Lipinski definition) is 6. The Kier molecular flexibility index (Phi) is 6.29. The standard InChI is InChI=1S/C17H17N3O5S/c1-11(2)9-15(21)18-7-8-19-16(22)14(26-17(19)23)10-12-3-5-13(6-4-12)20(24)25/h3-6,9-10H,7-8H2,1-2H3,(H,18,21)/b14-10+. The second-order valence-electron chi connectivity index (χ2n) is 5.69. The number of hydrogen-bond donors (Lipinski definition) is 1. The second-order valence-corrected chi connectivity index (χ2v) is 6.69. The lowest BCUT2D eigenvalue weighted by molar-refractivity contribution is -0.384. The van der Waals surface area contributed by atoms with Gasteiger partial charge in [0.2, 0.25) is 5.91 Å². The molecule has 0 radical (unpaired) electrons. The third-order valence-electron chi connectivity index (χ3n) is 3.33. The summed E-state index contributed by atoms with van der Waals surface area (Å²) in [6.07, 6.45) is 2.94. The van der Waals surface area contributed by atoms with Crippen LogP contribution in [0.1, 0.15) is 19.4 Å². The van der Waals surface area contributed by atoms with E-state index in [9.17, 15) is 24.5 Å². The minimum absolute atomic E-state index is 0.0534. The molecule has 0 bridgehead atoms. The Bertz CT molecular complexity index is 810. The Morgan fingerprint density at radius 3 is 2.50 bits per heavy atom. The Hall–Kier alpha value is -2.94. The van der Waals surface area contributed by atoms with Gasteiger partial charge in [0.25, 0.3) is 16.8 Å². The average molecular weight is 375 g/mol. The van der Waals surface area contributed by atoms with Gasteiger partial charge in [-0.15, -0.1) is 0 Å². The summed E-state index contributed by atoms with van der Waals surface area (Å²) in [5.74, 6) is -0.729. The summed E-state index contributed by atoms with van der Waals surface area (Å²) in [6, 6.07) is 5.67. The van der Waals surface area contributed by atoms with Crippen molar-refractivity contribution in [2.45, 2.75) is 13.8 Å². The van der Waals surface area contributed by atoms with Gasteiger partial charge in [-0.3, -0.25) is 29.4 Å². The number of nitrogens with zero attached hydrogens (tertiary/aromatic N) is 2. The van der Waals surface area contributed by atoms with Crippen LogP contribution in [0.25, 0.3) is 6.08 Å². The number of imide groups is 1. The first-order chi connectivity index (χ1) is 12.3. The first-order valence-corrected chi connectivity index (χ1v) is 8.52. The predicted octanol–water partition coefficient (Wildman–Crippen LogP) is 2.71. The monoisotopic (exact) mass is 375 g/mol. The van der Waals surface area contributed by atoms with Crippen molar-refractivity contribution in [1.29, 1.82) is 0 Å². The smallest absolute Gasteiger partial charge is 0.293 e. The van der Waals surface area contributed by atoms with Crippen molar-refractivity contribution in [3.05, 3.63) is 56.5 Å². The largest absolute Gasteiger partial charge is 0.351 e. The minimum Gasteiger partial charge on any atom is -0.351 e. The number of rotatable bonds is 6. The predicted molar refractivity (Wildman–Crippen MR) is 98.2 cm³/mol. The molecule has 0 spiro atoms. The number of allylic oxidation sites excluding steroid dienone is 1. The molecule has 1 heterocycles. The van der Waals surface area contributed by atoms with Crippen LogP contribution in [0.4, 0.5) is 10.5 Å². The molecular formula is C17H17N3O5S. The zero-order valence-corrected chi connectivity index (χ0v) is 15.0. The Balaban J connectivity index is 2.00. The van der Waals surface area contributed by atoms with E-state index < -0.39 is 16.1 Å². The second kappa shape index (κ2) is 8.43. The van der Waals surface area contributed by atoms with Crippen LogP contribution >= 0.6 is 11.8 Å². The quantitative estimate of drug-likeness (QED) is 0.465. The van der Waals surface area contributed by atoms with Crippen LogP contribution in [0.2, 0.25) is 0 Å². The summed E-state index contributed by atoms with van der Waals surface area (Å²) in [5, 5.41) is 12.8. The van der Waals surface area contributed by atoms with Gasteiger partial charge in [-0.05, 0) is 49.4 Å². The molecule has 1 aromatic rings. The van der Waals surface area contributed by atoms with Crippen molar-refractivity contribution in [2.75, 3.05) is 13.1 Å². The minimum atomic E-state index is -0.513. The highest BCUT2D eigenvalue weighted by Gasteiger charge is 2.34. The molecule has 0 saturated carbocycles. The van der Waals surface area contributed by atoms with Crippen LogP contribution in [0.5, 0.6) is 0 Å². The summed E-state index contributed by atoms with van der Waals surface area (Å²) in [5.41, 5.74) is 1.38. The van der Waals surface area contributed by atoms with Crippen molar-refractivity contribution in [2.24, 2.45) is 0 Å². The lowest BCUT2D eigenvalue weighted by Gasteiger charge is -2.12. The maximum Gasteiger partial charge on any atom is 0.293 e. The van der Waals surface area contributed by atoms with Gasteiger partial charge in [0.1, 0.15) is 0 Å². The fourth-order valence-corrected chi connectivity index (χ4v) is 3.01. The number of nitro groups is 1. The third kappa shape index (κ3) is 5.03. The van der Waals surface area contributed by atoms with E-state index in [0.29, 0.717) is 5.56 Å². The molecule has 1 aromatic carbocycles. The lowest BCUT2D eigenvalue weighted by Crippen LogP contribution is -2.36. The topological polar surface area (TPSA) is 110 Å². The summed E-state index contributed by atoms with van der Waals surface area (Å²) in [4.78, 5) is 47.3. The van der Waals surface area contributed by atoms with Crippen molar-refractivity contribution in [3.8, 4) is 0 Å². The van der Waals surface area contributed by atoms with Crippen LogP contribution in [0.3, 0.4) is 0 Å². The molecule has 0 aromatic heterocycles. The highest BCUT2D eigenvalue weighted by atomic mass is 32.2. The Labute approximate surface area is 154 Å². The summed E-state index contributed by atoms with van der Waals surface area (Å²) >= 11 is 0.797. The van der Waals surface area contributed by atoms with E-state index in [1.807, 2.05) is 0 Å². The van der Waals surface area contributed by atoms with E-state index in [1.54, 1.807) is 13.8 Å². The number of non-ortho nitro benzene ring substituents is 1. The molecule has 8 nitrogen and oxygen atoms in total. The molecule has 2 rings (SSSR count). The SMILES string of the molecule is CC(C)=CC(=O)NCCN1C(=O)S/C(=C/c2ccc([N+](=O)[O-])cc2)C1=O. The molecule has 0 unspecified atom stereocenters. The maximum atomic E-state index is 12.3. The fourth-order valence-electron chi connectivity index (χ4n) is 2.14. The van der Waals surface area contributed by atoms with Gasteiger partial charge in [0.05, 0.1) is 9.83 Å². The van der Waals surface area contributed by atoms with Gasteiger partial charge in [-0.25, -0.2) is 0 Å². The molecule has 26 heavy (non-hydrogen) atoms. The van der Waals surface area contributed by atoms with Gasteiger partial charge < -0.3 is 5.32 Å². The molecule has 1 N–H and O–H groups in total. The zero-order chi connectivity index (χ0) is 19.3. The number of amides is 3. The number of benzene rings is 1. The van der Waals surface area contributed by atoms with Crippen molar-refractivity contribution >= 4 is 40.6 Å². The molecular weight excluding hydrogens is 358 g/mol. The molecule has 3 amide bonds. The number of carbonyl (C=O) groups excluding carboxylic acids is 3. The van der Waals surface area contributed by atoms with Crippen LogP contribution in [-0.4, -0.2) is 40.0 Å². The molecule has 1 fully saturated rings. The summed E-state index contributed by atoms with van der Waals surface area (Å²) < 4.78 is 0. The fraction of sp³-hybridized carbons (Fsp3) is 0.235. The number of carbonyl (C=O) groups is 3. The van der Waals surface area contributed by atoms with E-state index >= 15 is 0 Å². The van der Waals surface area contributed by atoms with Crippen LogP contribution in [-0.2, 0) is 9.59 Å². The van der Waals surface area contributed by atoms with E-state index in [-0.39, 0.29) is 29.6 Å². The molecule has 1 aliphatic heterocycles. The van der Waals surface area contributed by atoms with Gasteiger partial charge >= 0.3 is 0 Å². The van der Waals surface area contributed by atoms with Gasteiger partial charge in [-0.1, -0.05) is 5.57 Å². The third-order valence-corrected chi connectivity index (χ3v) is 4.24. The van der Waals surface area contributed by atoms with E-state index in [1.165, 1.54) is 36.4 Å². The van der Waals surface area contributed by atoms with Crippen LogP contribution in [0, 0.1) is 10.1 Å². The van der Waals surface area contributed by atoms with Crippen LogP contribution < -0.4 is 5.32 Å². The van der Waals surface area contributed by atoms with Crippen LogP contribution in [0.15, 0.2) is 40.8 Å². The Morgan fingerprint density at radius 1 is 1.27 bits per heavy atom. The van der Waals surface area contributed by atoms with Crippen molar-refractivity contribution in [1.82, 2.24) is 10.2 Å². The molecule has 136 valence electrons. The molecule has 9 heteroatoms. The first kappa shape index (κ1) is 19.4. The van der Waals surface area contributed by atoms with E-state index in [0.717, 1.165) is 22.2 Å². The lowest BCUT2D eigenvalue weighted by atomic mass is 10.2.